The quantitative estimate of drug-likeness (QED) is 0.709. The second-order valence-corrected chi connectivity index (χ2v) is 5.44. The fourth-order valence-corrected chi connectivity index (χ4v) is 2.58. The molecule has 0 saturated heterocycles. The molecule has 0 spiro atoms. The highest BCUT2D eigenvalue weighted by Gasteiger charge is 2.24. The van der Waals surface area contributed by atoms with Gasteiger partial charge in [0, 0.05) is 31.7 Å². The summed E-state index contributed by atoms with van der Waals surface area (Å²) in [4.78, 5) is 17.1. The average Bonchev–Trinajstić information content (AvgIpc) is 3.03. The lowest BCUT2D eigenvalue weighted by Crippen LogP contribution is -2.24. The third-order valence-electron chi connectivity index (χ3n) is 3.84. The van der Waals surface area contributed by atoms with Crippen molar-refractivity contribution >= 4 is 11.5 Å². The number of nitrogens with zero attached hydrogens (tertiary/aromatic N) is 2. The van der Waals surface area contributed by atoms with Crippen LogP contribution in [0.15, 0.2) is 73.1 Å². The summed E-state index contributed by atoms with van der Waals surface area (Å²) in [7, 11) is 1.84. The normalized spacial score (nSPS) is 11.9. The van der Waals surface area contributed by atoms with E-state index in [0.717, 1.165) is 11.3 Å². The van der Waals surface area contributed by atoms with Gasteiger partial charge in [0.2, 0.25) is 5.78 Å². The molecule has 1 atom stereocenters. The van der Waals surface area contributed by atoms with Crippen molar-refractivity contribution in [1.29, 1.82) is 0 Å². The van der Waals surface area contributed by atoms with Gasteiger partial charge in [0.1, 0.15) is 0 Å². The highest BCUT2D eigenvalue weighted by Crippen LogP contribution is 2.21. The molecular weight excluding hydrogens is 286 g/mol. The van der Waals surface area contributed by atoms with Gasteiger partial charge >= 0.3 is 0 Å². The molecule has 4 nitrogen and oxygen atoms in total. The average molecular weight is 305 g/mol. The molecule has 0 saturated carbocycles. The Labute approximate surface area is 135 Å². The number of rotatable bonds is 6. The van der Waals surface area contributed by atoms with Crippen LogP contribution in [0, 0.1) is 0 Å². The van der Waals surface area contributed by atoms with Gasteiger partial charge < -0.3 is 9.88 Å². The van der Waals surface area contributed by atoms with Crippen molar-refractivity contribution in [1.82, 2.24) is 9.55 Å². The Morgan fingerprint density at radius 2 is 1.74 bits per heavy atom. The second kappa shape index (κ2) is 6.92. The number of aromatic nitrogens is 2. The molecule has 3 aromatic rings. The third kappa shape index (κ3) is 3.48. The summed E-state index contributed by atoms with van der Waals surface area (Å²) in [6, 6.07) is 19.7. The van der Waals surface area contributed by atoms with E-state index in [0.29, 0.717) is 12.4 Å². The maximum absolute atomic E-state index is 12.9. The van der Waals surface area contributed by atoms with E-state index >= 15 is 0 Å². The Kier molecular flexibility index (Phi) is 4.52. The number of hydrogen-bond acceptors (Lipinski definition) is 3. The Hall–Kier alpha value is -2.88. The number of benzene rings is 2. The maximum atomic E-state index is 12.9. The van der Waals surface area contributed by atoms with Gasteiger partial charge in [0.15, 0.2) is 5.82 Å². The van der Waals surface area contributed by atoms with E-state index in [1.54, 1.807) is 17.0 Å². The summed E-state index contributed by atoms with van der Waals surface area (Å²) in [5.74, 6) is 0.221. The van der Waals surface area contributed by atoms with Gasteiger partial charge in [-0.1, -0.05) is 48.5 Å². The van der Waals surface area contributed by atoms with E-state index in [2.05, 4.69) is 10.3 Å². The first-order valence-corrected chi connectivity index (χ1v) is 7.61. The van der Waals surface area contributed by atoms with Gasteiger partial charge in [-0.15, -0.1) is 0 Å². The van der Waals surface area contributed by atoms with Gasteiger partial charge in [-0.25, -0.2) is 4.98 Å². The zero-order valence-corrected chi connectivity index (χ0v) is 13.0. The van der Waals surface area contributed by atoms with Crippen molar-refractivity contribution in [2.45, 2.75) is 5.92 Å². The molecule has 0 radical (unpaired) electrons. The first-order chi connectivity index (χ1) is 11.3. The van der Waals surface area contributed by atoms with Crippen molar-refractivity contribution < 1.29 is 4.79 Å². The molecule has 116 valence electrons. The van der Waals surface area contributed by atoms with E-state index in [4.69, 9.17) is 0 Å². The number of carbonyl (C=O) groups excluding carboxylic acids is 1. The van der Waals surface area contributed by atoms with Crippen LogP contribution in [0.4, 0.5) is 5.69 Å². The minimum atomic E-state index is -0.280. The van der Waals surface area contributed by atoms with E-state index in [9.17, 15) is 4.79 Å². The molecule has 0 fully saturated rings. The summed E-state index contributed by atoms with van der Waals surface area (Å²) in [6.07, 6.45) is 3.44. The number of nitrogens with one attached hydrogen (secondary N) is 1. The molecule has 0 amide bonds. The van der Waals surface area contributed by atoms with Gasteiger partial charge in [-0.05, 0) is 17.7 Å². The van der Waals surface area contributed by atoms with Crippen LogP contribution in [0.1, 0.15) is 22.1 Å². The Morgan fingerprint density at radius 3 is 2.35 bits per heavy atom. The first-order valence-electron chi connectivity index (χ1n) is 7.61. The van der Waals surface area contributed by atoms with Crippen molar-refractivity contribution in [2.75, 3.05) is 11.9 Å². The lowest BCUT2D eigenvalue weighted by Gasteiger charge is -2.17. The molecule has 0 unspecified atom stereocenters. The number of carbonyl (C=O) groups is 1. The topological polar surface area (TPSA) is 46.9 Å². The SMILES string of the molecule is Cn1ccnc1C(=O)[C@H](CNc1ccccc1)c1ccccc1. The summed E-state index contributed by atoms with van der Waals surface area (Å²) in [5.41, 5.74) is 1.99. The van der Waals surface area contributed by atoms with E-state index in [1.165, 1.54) is 0 Å². The van der Waals surface area contributed by atoms with Crippen molar-refractivity contribution in [3.05, 3.63) is 84.4 Å². The first kappa shape index (κ1) is 15.0. The second-order valence-electron chi connectivity index (χ2n) is 5.44. The number of hydrogen-bond donors (Lipinski definition) is 1. The molecule has 3 rings (SSSR count). The molecule has 2 aromatic carbocycles. The molecule has 1 N–H and O–H groups in total. The highest BCUT2D eigenvalue weighted by molar-refractivity contribution is 5.98. The Morgan fingerprint density at radius 1 is 1.09 bits per heavy atom. The van der Waals surface area contributed by atoms with Crippen LogP contribution >= 0.6 is 0 Å². The van der Waals surface area contributed by atoms with Crippen LogP contribution < -0.4 is 5.32 Å². The third-order valence-corrected chi connectivity index (χ3v) is 3.84. The van der Waals surface area contributed by atoms with Crippen molar-refractivity contribution in [3.8, 4) is 0 Å². The number of ketones is 1. The van der Waals surface area contributed by atoms with E-state index in [1.807, 2.05) is 67.7 Å². The summed E-state index contributed by atoms with van der Waals surface area (Å²) in [6.45, 7) is 0.528. The number of anilines is 1. The van der Waals surface area contributed by atoms with Crippen molar-refractivity contribution in [3.63, 3.8) is 0 Å². The minimum Gasteiger partial charge on any atom is -0.384 e. The molecule has 0 aliphatic carbocycles. The molecule has 23 heavy (non-hydrogen) atoms. The maximum Gasteiger partial charge on any atom is 0.207 e. The van der Waals surface area contributed by atoms with Gasteiger partial charge in [-0.2, -0.15) is 0 Å². The van der Waals surface area contributed by atoms with Crippen molar-refractivity contribution in [2.24, 2.45) is 7.05 Å². The van der Waals surface area contributed by atoms with E-state index in [-0.39, 0.29) is 11.7 Å². The van der Waals surface area contributed by atoms with Crippen LogP contribution in [-0.4, -0.2) is 21.9 Å². The predicted octanol–water partition coefficient (Wildman–Crippen LogP) is 3.50. The molecule has 1 aromatic heterocycles. The predicted molar refractivity (Wildman–Crippen MR) is 91.7 cm³/mol. The fraction of sp³-hybridized carbons (Fsp3) is 0.158. The summed E-state index contributed by atoms with van der Waals surface area (Å²) >= 11 is 0. The molecule has 4 heteroatoms. The standard InChI is InChI=1S/C19H19N3O/c1-22-13-12-20-19(22)18(23)17(15-8-4-2-5-9-15)14-21-16-10-6-3-7-11-16/h2-13,17,21H,14H2,1H3/t17-/m1/s1. The number of aryl methyl sites for hydroxylation is 1. The summed E-state index contributed by atoms with van der Waals surface area (Å²) < 4.78 is 1.76. The van der Waals surface area contributed by atoms with Crippen LogP contribution in [0.5, 0.6) is 0 Å². The molecule has 0 bridgehead atoms. The smallest absolute Gasteiger partial charge is 0.207 e. The minimum absolute atomic E-state index is 0.0205. The highest BCUT2D eigenvalue weighted by atomic mass is 16.1. The van der Waals surface area contributed by atoms with Gasteiger partial charge in [-0.3, -0.25) is 4.79 Å². The lowest BCUT2D eigenvalue weighted by molar-refractivity contribution is 0.0950. The molecule has 0 aliphatic heterocycles. The van der Waals surface area contributed by atoms with Gasteiger partial charge in [0.05, 0.1) is 5.92 Å². The monoisotopic (exact) mass is 305 g/mol. The molecular formula is C19H19N3O. The van der Waals surface area contributed by atoms with Gasteiger partial charge in [0.25, 0.3) is 0 Å². The van der Waals surface area contributed by atoms with Crippen LogP contribution in [0.3, 0.4) is 0 Å². The fourth-order valence-electron chi connectivity index (χ4n) is 2.58. The van der Waals surface area contributed by atoms with Crippen LogP contribution in [0.25, 0.3) is 0 Å². The molecule has 0 aliphatic rings. The Balaban J connectivity index is 1.85. The zero-order valence-electron chi connectivity index (χ0n) is 13.0. The molecule has 1 heterocycles. The number of Topliss-reactive ketones (excluding diaryl/α,β-unsaturated/α-hetero) is 1. The zero-order chi connectivity index (χ0) is 16.1. The van der Waals surface area contributed by atoms with Crippen LogP contribution in [-0.2, 0) is 7.05 Å². The van der Waals surface area contributed by atoms with Crippen LogP contribution in [0.2, 0.25) is 0 Å². The Bertz CT molecular complexity index is 766. The number of para-hydroxylation sites is 1. The van der Waals surface area contributed by atoms with E-state index < -0.39 is 0 Å². The number of imidazole rings is 1. The lowest BCUT2D eigenvalue weighted by atomic mass is 9.94. The largest absolute Gasteiger partial charge is 0.384 e. The summed E-state index contributed by atoms with van der Waals surface area (Å²) in [5, 5.41) is 3.35.